The van der Waals surface area contributed by atoms with Gasteiger partial charge in [0.05, 0.1) is 0 Å². The molecular weight excluding hydrogens is 354 g/mol. The molecule has 1 atom stereocenters. The Morgan fingerprint density at radius 1 is 1.21 bits per heavy atom. The van der Waals surface area contributed by atoms with Crippen molar-refractivity contribution in [3.63, 3.8) is 0 Å². The zero-order valence-electron chi connectivity index (χ0n) is 16.6. The third-order valence-corrected chi connectivity index (χ3v) is 6.70. The van der Waals surface area contributed by atoms with Crippen molar-refractivity contribution in [2.75, 3.05) is 32.8 Å². The smallest absolute Gasteiger partial charge is 0.251 e. The molecule has 0 aliphatic carbocycles. The number of likely N-dealkylation sites (tertiary alicyclic amines) is 2. The van der Waals surface area contributed by atoms with Crippen LogP contribution in [0, 0.1) is 5.41 Å². The van der Waals surface area contributed by atoms with Crippen LogP contribution < -0.4 is 0 Å². The molecule has 4 heterocycles. The van der Waals surface area contributed by atoms with E-state index in [1.54, 1.807) is 6.20 Å². The summed E-state index contributed by atoms with van der Waals surface area (Å²) in [5, 5.41) is 0. The Hall–Kier alpha value is -1.95. The summed E-state index contributed by atoms with van der Waals surface area (Å²) < 4.78 is 5.69. The van der Waals surface area contributed by atoms with E-state index >= 15 is 0 Å². The topological polar surface area (TPSA) is 62.7 Å². The fraction of sp³-hybridized carbons (Fsp3) is 0.682. The summed E-state index contributed by atoms with van der Waals surface area (Å²) in [4.78, 5) is 33.6. The fourth-order valence-electron chi connectivity index (χ4n) is 4.85. The number of carbonyl (C=O) groups is 2. The summed E-state index contributed by atoms with van der Waals surface area (Å²) >= 11 is 0. The van der Waals surface area contributed by atoms with E-state index in [1.807, 2.05) is 28.0 Å². The average Bonchev–Trinajstić information content (AvgIpc) is 2.76. The van der Waals surface area contributed by atoms with Gasteiger partial charge < -0.3 is 14.5 Å². The highest BCUT2D eigenvalue weighted by molar-refractivity contribution is 5.81. The minimum absolute atomic E-state index is 0.169. The van der Waals surface area contributed by atoms with Gasteiger partial charge in [0.1, 0.15) is 6.10 Å². The molecule has 0 unspecified atom stereocenters. The quantitative estimate of drug-likeness (QED) is 0.799. The van der Waals surface area contributed by atoms with Crippen molar-refractivity contribution in [1.82, 2.24) is 14.8 Å². The van der Waals surface area contributed by atoms with Gasteiger partial charge in [0.2, 0.25) is 5.91 Å². The van der Waals surface area contributed by atoms with Gasteiger partial charge >= 0.3 is 0 Å². The molecule has 0 radical (unpaired) electrons. The van der Waals surface area contributed by atoms with Gasteiger partial charge in [-0.1, -0.05) is 6.07 Å². The molecule has 0 bridgehead atoms. The lowest BCUT2D eigenvalue weighted by molar-refractivity contribution is -0.151. The number of pyridine rings is 1. The van der Waals surface area contributed by atoms with Crippen molar-refractivity contribution in [2.45, 2.75) is 57.5 Å². The normalized spacial score (nSPS) is 25.1. The number of amides is 2. The first-order chi connectivity index (χ1) is 13.7. The highest BCUT2D eigenvalue weighted by atomic mass is 16.5. The predicted molar refractivity (Wildman–Crippen MR) is 106 cm³/mol. The maximum atomic E-state index is 12.7. The van der Waals surface area contributed by atoms with Crippen LogP contribution in [0.15, 0.2) is 24.4 Å². The number of carbonyl (C=O) groups excluding carboxylic acids is 2. The third-order valence-electron chi connectivity index (χ3n) is 6.70. The van der Waals surface area contributed by atoms with Gasteiger partial charge in [0.25, 0.3) is 5.91 Å². The number of hydrogen-bond donors (Lipinski definition) is 0. The Bertz CT molecular complexity index is 680. The van der Waals surface area contributed by atoms with Gasteiger partial charge in [-0.25, -0.2) is 0 Å². The second-order valence-electron chi connectivity index (χ2n) is 8.57. The zero-order valence-corrected chi connectivity index (χ0v) is 16.6. The molecule has 0 aromatic carbocycles. The van der Waals surface area contributed by atoms with E-state index in [1.165, 1.54) is 0 Å². The van der Waals surface area contributed by atoms with Crippen LogP contribution in [0.5, 0.6) is 0 Å². The predicted octanol–water partition coefficient (Wildman–Crippen LogP) is 2.42. The number of aromatic nitrogens is 1. The maximum absolute atomic E-state index is 12.7. The number of piperidine rings is 2. The lowest BCUT2D eigenvalue weighted by Crippen LogP contribution is -2.54. The molecule has 0 saturated carbocycles. The molecule has 4 rings (SSSR count). The monoisotopic (exact) mass is 385 g/mol. The summed E-state index contributed by atoms with van der Waals surface area (Å²) in [6, 6.07) is 5.92. The van der Waals surface area contributed by atoms with E-state index in [-0.39, 0.29) is 23.3 Å². The summed E-state index contributed by atoms with van der Waals surface area (Å²) in [5.41, 5.74) is 1.20. The first-order valence-electron chi connectivity index (χ1n) is 10.7. The SMILES string of the molecule is O=C1CCC2(CCN(C(=O)[C@H]3CCCCO3)CC2)CN1CCc1ccccn1. The largest absolute Gasteiger partial charge is 0.368 e. The molecule has 3 fully saturated rings. The third kappa shape index (κ3) is 4.37. The van der Waals surface area contributed by atoms with Crippen molar-refractivity contribution in [2.24, 2.45) is 5.41 Å². The molecule has 3 saturated heterocycles. The molecule has 1 spiro atoms. The van der Waals surface area contributed by atoms with E-state index in [4.69, 9.17) is 4.74 Å². The second kappa shape index (κ2) is 8.60. The van der Waals surface area contributed by atoms with Crippen LogP contribution in [0.1, 0.15) is 50.6 Å². The summed E-state index contributed by atoms with van der Waals surface area (Å²) in [6.45, 7) is 3.85. The van der Waals surface area contributed by atoms with E-state index in [0.717, 1.165) is 76.8 Å². The molecular formula is C22H31N3O3. The van der Waals surface area contributed by atoms with E-state index in [9.17, 15) is 9.59 Å². The summed E-state index contributed by atoms with van der Waals surface area (Å²) in [5.74, 6) is 0.434. The van der Waals surface area contributed by atoms with Crippen LogP contribution in [0.25, 0.3) is 0 Å². The van der Waals surface area contributed by atoms with Crippen molar-refractivity contribution in [3.05, 3.63) is 30.1 Å². The second-order valence-corrected chi connectivity index (χ2v) is 8.57. The Labute approximate surface area is 167 Å². The Kier molecular flexibility index (Phi) is 5.95. The molecule has 6 nitrogen and oxygen atoms in total. The summed E-state index contributed by atoms with van der Waals surface area (Å²) in [6.07, 6.45) is 8.93. The van der Waals surface area contributed by atoms with Crippen molar-refractivity contribution in [3.8, 4) is 0 Å². The highest BCUT2D eigenvalue weighted by Gasteiger charge is 2.42. The molecule has 6 heteroatoms. The van der Waals surface area contributed by atoms with Crippen LogP contribution in [0.4, 0.5) is 0 Å². The van der Waals surface area contributed by atoms with Crippen LogP contribution in [0.3, 0.4) is 0 Å². The van der Waals surface area contributed by atoms with Gasteiger partial charge in [-0.05, 0) is 56.1 Å². The summed E-state index contributed by atoms with van der Waals surface area (Å²) in [7, 11) is 0. The van der Waals surface area contributed by atoms with Crippen molar-refractivity contribution >= 4 is 11.8 Å². The maximum Gasteiger partial charge on any atom is 0.251 e. The Morgan fingerprint density at radius 2 is 2.07 bits per heavy atom. The van der Waals surface area contributed by atoms with Crippen LogP contribution >= 0.6 is 0 Å². The van der Waals surface area contributed by atoms with Gasteiger partial charge in [-0.3, -0.25) is 14.6 Å². The molecule has 28 heavy (non-hydrogen) atoms. The van der Waals surface area contributed by atoms with Crippen molar-refractivity contribution in [1.29, 1.82) is 0 Å². The molecule has 0 N–H and O–H groups in total. The first kappa shape index (κ1) is 19.4. The molecule has 2 amide bonds. The van der Waals surface area contributed by atoms with Gasteiger partial charge in [0.15, 0.2) is 0 Å². The van der Waals surface area contributed by atoms with Crippen LogP contribution in [-0.4, -0.2) is 65.5 Å². The standard InChI is InChI=1S/C22H31N3O3/c26-20-7-9-22(17-25(20)13-8-18-5-1-3-12-23-18)10-14-24(15-11-22)21(27)19-6-2-4-16-28-19/h1,3,5,12,19H,2,4,6-11,13-17H2/t19-/m1/s1. The van der Waals surface area contributed by atoms with E-state index in [2.05, 4.69) is 4.98 Å². The van der Waals surface area contributed by atoms with Gasteiger partial charge in [-0.2, -0.15) is 0 Å². The minimum atomic E-state index is -0.231. The van der Waals surface area contributed by atoms with E-state index < -0.39 is 0 Å². The number of hydrogen-bond acceptors (Lipinski definition) is 4. The lowest BCUT2D eigenvalue weighted by atomic mass is 9.72. The van der Waals surface area contributed by atoms with Gasteiger partial charge in [-0.15, -0.1) is 0 Å². The highest BCUT2D eigenvalue weighted by Crippen LogP contribution is 2.40. The van der Waals surface area contributed by atoms with Crippen LogP contribution in [0.2, 0.25) is 0 Å². The molecule has 3 aliphatic rings. The molecule has 3 aliphatic heterocycles. The molecule has 152 valence electrons. The van der Waals surface area contributed by atoms with Crippen LogP contribution in [-0.2, 0) is 20.7 Å². The fourth-order valence-corrected chi connectivity index (χ4v) is 4.85. The van der Waals surface area contributed by atoms with Gasteiger partial charge in [0, 0.05) is 57.5 Å². The minimum Gasteiger partial charge on any atom is -0.368 e. The molecule has 1 aromatic heterocycles. The zero-order chi connectivity index (χ0) is 19.4. The Balaban J connectivity index is 1.31. The number of nitrogens with zero attached hydrogens (tertiary/aromatic N) is 3. The van der Waals surface area contributed by atoms with Crippen molar-refractivity contribution < 1.29 is 14.3 Å². The Morgan fingerprint density at radius 3 is 2.79 bits per heavy atom. The first-order valence-corrected chi connectivity index (χ1v) is 10.7. The number of rotatable bonds is 4. The lowest BCUT2D eigenvalue weighted by Gasteiger charge is -2.48. The van der Waals surface area contributed by atoms with E-state index in [0.29, 0.717) is 13.0 Å². The average molecular weight is 386 g/mol. The number of ether oxygens (including phenoxy) is 1. The molecule has 1 aromatic rings.